The molecule has 1 rings (SSSR count). The molecular weight excluding hydrogens is 230 g/mol. The number of likely N-dealkylation sites (N-methyl/N-ethyl adjacent to an activating group) is 1. The number of nitrogens with zero attached hydrogens (tertiary/aromatic N) is 3. The molecule has 0 fully saturated rings. The standard InChI is InChI=1S/C9H15N5O.ClH/c1-10-6-8(15)13-7-4-11-9(12-5-7)14(2)3;/h4-5,10H,6H2,1-3H3,(H,13,15);1H. The van der Waals surface area contributed by atoms with E-state index < -0.39 is 0 Å². The van der Waals surface area contributed by atoms with Crippen LogP contribution in [-0.2, 0) is 4.79 Å². The number of carbonyl (C=O) groups is 1. The third-order valence-corrected chi connectivity index (χ3v) is 1.66. The maximum absolute atomic E-state index is 11.2. The van der Waals surface area contributed by atoms with Crippen LogP contribution < -0.4 is 15.5 Å². The fraction of sp³-hybridized carbons (Fsp3) is 0.444. The average molecular weight is 246 g/mol. The first kappa shape index (κ1) is 14.6. The molecule has 0 saturated heterocycles. The highest BCUT2D eigenvalue weighted by Crippen LogP contribution is 2.06. The van der Waals surface area contributed by atoms with Crippen LogP contribution in [0, 0.1) is 0 Å². The number of aromatic nitrogens is 2. The van der Waals surface area contributed by atoms with Crippen LogP contribution in [0.1, 0.15) is 0 Å². The summed E-state index contributed by atoms with van der Waals surface area (Å²) in [6, 6.07) is 0. The monoisotopic (exact) mass is 245 g/mol. The smallest absolute Gasteiger partial charge is 0.238 e. The highest BCUT2D eigenvalue weighted by molar-refractivity contribution is 5.91. The molecule has 0 aliphatic heterocycles. The zero-order chi connectivity index (χ0) is 11.3. The van der Waals surface area contributed by atoms with Gasteiger partial charge in [0.1, 0.15) is 0 Å². The van der Waals surface area contributed by atoms with E-state index in [1.54, 1.807) is 24.3 Å². The molecule has 1 heterocycles. The molecule has 1 aromatic heterocycles. The van der Waals surface area contributed by atoms with Gasteiger partial charge < -0.3 is 15.5 Å². The van der Waals surface area contributed by atoms with Gasteiger partial charge in [-0.3, -0.25) is 4.79 Å². The predicted molar refractivity (Wildman–Crippen MR) is 66.2 cm³/mol. The van der Waals surface area contributed by atoms with Crippen LogP contribution in [0.2, 0.25) is 0 Å². The molecule has 0 unspecified atom stereocenters. The summed E-state index contributed by atoms with van der Waals surface area (Å²) in [7, 11) is 5.43. The molecule has 1 amide bonds. The van der Waals surface area contributed by atoms with Crippen molar-refractivity contribution in [3.63, 3.8) is 0 Å². The molecule has 0 aliphatic rings. The second kappa shape index (κ2) is 6.97. The lowest BCUT2D eigenvalue weighted by molar-refractivity contribution is -0.115. The molecule has 1 aromatic rings. The van der Waals surface area contributed by atoms with Crippen LogP contribution in [-0.4, -0.2) is 43.6 Å². The van der Waals surface area contributed by atoms with Crippen molar-refractivity contribution < 1.29 is 4.79 Å². The van der Waals surface area contributed by atoms with Crippen LogP contribution in [0.5, 0.6) is 0 Å². The van der Waals surface area contributed by atoms with Crippen LogP contribution in [0.25, 0.3) is 0 Å². The normalized spacial score (nSPS) is 9.19. The van der Waals surface area contributed by atoms with E-state index in [1.807, 2.05) is 14.1 Å². The average Bonchev–Trinajstić information content (AvgIpc) is 2.18. The molecule has 16 heavy (non-hydrogen) atoms. The summed E-state index contributed by atoms with van der Waals surface area (Å²) in [4.78, 5) is 21.1. The Morgan fingerprint density at radius 2 is 1.94 bits per heavy atom. The van der Waals surface area contributed by atoms with Gasteiger partial charge in [0.05, 0.1) is 24.6 Å². The number of carbonyl (C=O) groups excluding carboxylic acids is 1. The van der Waals surface area contributed by atoms with Gasteiger partial charge >= 0.3 is 0 Å². The van der Waals surface area contributed by atoms with E-state index in [4.69, 9.17) is 0 Å². The minimum Gasteiger partial charge on any atom is -0.347 e. The van der Waals surface area contributed by atoms with Gasteiger partial charge in [-0.2, -0.15) is 0 Å². The number of hydrogen-bond acceptors (Lipinski definition) is 5. The van der Waals surface area contributed by atoms with Gasteiger partial charge in [0.25, 0.3) is 0 Å². The van der Waals surface area contributed by atoms with E-state index in [1.165, 1.54) is 0 Å². The summed E-state index contributed by atoms with van der Waals surface area (Å²) >= 11 is 0. The fourth-order valence-corrected chi connectivity index (χ4v) is 0.982. The SMILES string of the molecule is CNCC(=O)Nc1cnc(N(C)C)nc1.Cl. The second-order valence-corrected chi connectivity index (χ2v) is 3.24. The highest BCUT2D eigenvalue weighted by atomic mass is 35.5. The Morgan fingerprint density at radius 3 is 2.38 bits per heavy atom. The molecule has 0 saturated carbocycles. The van der Waals surface area contributed by atoms with Gasteiger partial charge in [0.15, 0.2) is 0 Å². The number of anilines is 2. The summed E-state index contributed by atoms with van der Waals surface area (Å²) in [5, 5.41) is 5.42. The van der Waals surface area contributed by atoms with Gasteiger partial charge in [-0.15, -0.1) is 12.4 Å². The molecule has 0 aliphatic carbocycles. The largest absolute Gasteiger partial charge is 0.347 e. The summed E-state index contributed by atoms with van der Waals surface area (Å²) in [5.41, 5.74) is 0.598. The van der Waals surface area contributed by atoms with Gasteiger partial charge in [0.2, 0.25) is 11.9 Å². The molecule has 0 aromatic carbocycles. The van der Waals surface area contributed by atoms with Crippen molar-refractivity contribution in [1.29, 1.82) is 0 Å². The van der Waals surface area contributed by atoms with E-state index >= 15 is 0 Å². The first-order chi connectivity index (χ1) is 7.13. The summed E-state index contributed by atoms with van der Waals surface area (Å²) in [6.07, 6.45) is 3.16. The van der Waals surface area contributed by atoms with Crippen molar-refractivity contribution in [2.75, 3.05) is 37.9 Å². The Bertz CT molecular complexity index is 327. The topological polar surface area (TPSA) is 70.2 Å². The number of halogens is 1. The Kier molecular flexibility index (Phi) is 6.36. The van der Waals surface area contributed by atoms with Crippen LogP contribution in [0.15, 0.2) is 12.4 Å². The second-order valence-electron chi connectivity index (χ2n) is 3.24. The van der Waals surface area contributed by atoms with E-state index in [0.717, 1.165) is 0 Å². The van der Waals surface area contributed by atoms with E-state index in [9.17, 15) is 4.79 Å². The Balaban J connectivity index is 0.00000225. The lowest BCUT2D eigenvalue weighted by Gasteiger charge is -2.10. The first-order valence-electron chi connectivity index (χ1n) is 4.57. The maximum atomic E-state index is 11.2. The van der Waals surface area contributed by atoms with Gasteiger partial charge in [-0.05, 0) is 7.05 Å². The van der Waals surface area contributed by atoms with Crippen molar-refractivity contribution in [2.24, 2.45) is 0 Å². The minimum atomic E-state index is -0.112. The molecule has 0 bridgehead atoms. The molecule has 6 nitrogen and oxygen atoms in total. The fourth-order valence-electron chi connectivity index (χ4n) is 0.982. The lowest BCUT2D eigenvalue weighted by Crippen LogP contribution is -2.25. The van der Waals surface area contributed by atoms with E-state index in [-0.39, 0.29) is 24.9 Å². The summed E-state index contributed by atoms with van der Waals surface area (Å²) < 4.78 is 0. The number of nitrogens with one attached hydrogen (secondary N) is 2. The van der Waals surface area contributed by atoms with Crippen molar-refractivity contribution in [2.45, 2.75) is 0 Å². The van der Waals surface area contributed by atoms with Gasteiger partial charge in [-0.1, -0.05) is 0 Å². The summed E-state index contributed by atoms with van der Waals surface area (Å²) in [5.74, 6) is 0.500. The van der Waals surface area contributed by atoms with Crippen LogP contribution >= 0.6 is 12.4 Å². The minimum absolute atomic E-state index is 0. The molecule has 2 N–H and O–H groups in total. The highest BCUT2D eigenvalue weighted by Gasteiger charge is 2.02. The van der Waals surface area contributed by atoms with Crippen molar-refractivity contribution in [1.82, 2.24) is 15.3 Å². The predicted octanol–water partition coefficient (Wildman–Crippen LogP) is 0.122. The van der Waals surface area contributed by atoms with Gasteiger partial charge in [-0.25, -0.2) is 9.97 Å². The Hall–Kier alpha value is -1.40. The van der Waals surface area contributed by atoms with Crippen molar-refractivity contribution in [3.05, 3.63) is 12.4 Å². The molecule has 0 atom stereocenters. The Morgan fingerprint density at radius 1 is 1.38 bits per heavy atom. The number of amides is 1. The van der Waals surface area contributed by atoms with Crippen molar-refractivity contribution >= 4 is 29.9 Å². The Labute approximate surface area is 101 Å². The first-order valence-corrected chi connectivity index (χ1v) is 4.57. The van der Waals surface area contributed by atoms with E-state index in [0.29, 0.717) is 11.6 Å². The number of rotatable bonds is 4. The molecule has 7 heteroatoms. The van der Waals surface area contributed by atoms with E-state index in [2.05, 4.69) is 20.6 Å². The zero-order valence-electron chi connectivity index (χ0n) is 9.52. The third-order valence-electron chi connectivity index (χ3n) is 1.66. The van der Waals surface area contributed by atoms with Crippen LogP contribution in [0.4, 0.5) is 11.6 Å². The maximum Gasteiger partial charge on any atom is 0.238 e. The quantitative estimate of drug-likeness (QED) is 0.789. The van der Waals surface area contributed by atoms with Crippen LogP contribution in [0.3, 0.4) is 0 Å². The lowest BCUT2D eigenvalue weighted by atomic mass is 10.5. The summed E-state index contributed by atoms with van der Waals surface area (Å²) in [6.45, 7) is 0.273. The van der Waals surface area contributed by atoms with Crippen molar-refractivity contribution in [3.8, 4) is 0 Å². The molecule has 0 radical (unpaired) electrons. The number of hydrogen-bond donors (Lipinski definition) is 2. The molecule has 0 spiro atoms. The third kappa shape index (κ3) is 4.41. The molecular formula is C9H16ClN5O. The van der Waals surface area contributed by atoms with Gasteiger partial charge in [0, 0.05) is 14.1 Å². The zero-order valence-corrected chi connectivity index (χ0v) is 10.3. The molecule has 90 valence electrons.